The van der Waals surface area contributed by atoms with Gasteiger partial charge in [-0.2, -0.15) is 0 Å². The Morgan fingerprint density at radius 1 is 1.00 bits per heavy atom. The number of benzene rings is 3. The van der Waals surface area contributed by atoms with Crippen molar-refractivity contribution in [1.29, 1.82) is 0 Å². The number of halogens is 1. The molecule has 188 valence electrons. The Morgan fingerprint density at radius 2 is 1.76 bits per heavy atom. The van der Waals surface area contributed by atoms with Crippen LogP contribution in [0, 0.1) is 20.2 Å². The van der Waals surface area contributed by atoms with Gasteiger partial charge in [0.25, 0.3) is 16.8 Å². The average molecular weight is 586 g/mol. The molecule has 11 nitrogen and oxygen atoms in total. The van der Waals surface area contributed by atoms with E-state index in [-0.39, 0.29) is 28.7 Å². The van der Waals surface area contributed by atoms with Gasteiger partial charge in [-0.15, -0.1) is 0 Å². The maximum Gasteiger partial charge on any atom is 0.318 e. The van der Waals surface area contributed by atoms with Crippen LogP contribution in [0.1, 0.15) is 11.1 Å². The quantitative estimate of drug-likeness (QED) is 0.169. The van der Waals surface area contributed by atoms with Gasteiger partial charge < -0.3 is 9.47 Å². The van der Waals surface area contributed by atoms with E-state index in [0.717, 1.165) is 44.9 Å². The second-order valence-corrected chi connectivity index (χ2v) is 9.35. The highest BCUT2D eigenvalue weighted by Crippen LogP contribution is 2.42. The molecule has 0 aromatic heterocycles. The summed E-state index contributed by atoms with van der Waals surface area (Å²) < 4.78 is 11.9. The number of ether oxygens (including phenoxy) is 2. The van der Waals surface area contributed by atoms with Crippen molar-refractivity contribution in [2.45, 2.75) is 6.54 Å². The van der Waals surface area contributed by atoms with Crippen LogP contribution >= 0.6 is 27.7 Å². The fourth-order valence-corrected chi connectivity index (χ4v) is 4.69. The van der Waals surface area contributed by atoms with Gasteiger partial charge in [0.15, 0.2) is 11.5 Å². The number of nitro benzene ring substituents is 2. The zero-order valence-corrected chi connectivity index (χ0v) is 21.4. The summed E-state index contributed by atoms with van der Waals surface area (Å²) in [5.74, 6) is -0.564. The monoisotopic (exact) mass is 585 g/mol. The molecule has 0 aliphatic carbocycles. The molecule has 4 rings (SSSR count). The van der Waals surface area contributed by atoms with Gasteiger partial charge in [0.1, 0.15) is 0 Å². The molecule has 1 saturated heterocycles. The molecule has 0 N–H and O–H groups in total. The van der Waals surface area contributed by atoms with E-state index in [0.29, 0.717) is 5.56 Å². The van der Waals surface area contributed by atoms with Gasteiger partial charge in [-0.05, 0) is 41.6 Å². The first-order chi connectivity index (χ1) is 17.7. The van der Waals surface area contributed by atoms with Crippen molar-refractivity contribution < 1.29 is 28.9 Å². The summed E-state index contributed by atoms with van der Waals surface area (Å²) in [6, 6.07) is 14.9. The molecule has 0 spiro atoms. The van der Waals surface area contributed by atoms with E-state index < -0.39 is 32.4 Å². The van der Waals surface area contributed by atoms with E-state index in [1.165, 1.54) is 13.2 Å². The van der Waals surface area contributed by atoms with Gasteiger partial charge in [0.05, 0.1) is 34.5 Å². The van der Waals surface area contributed by atoms with E-state index in [9.17, 15) is 29.8 Å². The number of methoxy groups -OCH3 is 1. The average Bonchev–Trinajstić information content (AvgIpc) is 3.13. The van der Waals surface area contributed by atoms with Gasteiger partial charge in [0.2, 0.25) is 5.75 Å². The normalized spacial score (nSPS) is 14.2. The van der Waals surface area contributed by atoms with Gasteiger partial charge in [0, 0.05) is 16.1 Å². The molecule has 1 fully saturated rings. The van der Waals surface area contributed by atoms with Crippen molar-refractivity contribution in [3.8, 4) is 17.2 Å². The van der Waals surface area contributed by atoms with E-state index in [1.54, 1.807) is 30.3 Å². The zero-order chi connectivity index (χ0) is 26.7. The number of rotatable bonds is 8. The van der Waals surface area contributed by atoms with Crippen molar-refractivity contribution in [3.63, 3.8) is 0 Å². The minimum absolute atomic E-state index is 0.0274. The lowest BCUT2D eigenvalue weighted by molar-refractivity contribution is -0.394. The number of nitro groups is 2. The molecular formula is C24H16BrN3O8S. The molecule has 1 aliphatic rings. The standard InChI is InChI=1S/C24H16BrN3O8S/c1-35-20-8-4-6-14(22(20)36-19-10-9-16(27(31)32)12-18(19)28(33)34)11-21-23(29)26(24(30)37-21)13-15-5-2-3-7-17(15)25/h2-12H,13H2,1H3/b21-11+. The number of amides is 2. The van der Waals surface area contributed by atoms with Crippen LogP contribution < -0.4 is 9.47 Å². The van der Waals surface area contributed by atoms with Crippen LogP contribution in [0.3, 0.4) is 0 Å². The Kier molecular flexibility index (Phi) is 7.55. The summed E-state index contributed by atoms with van der Waals surface area (Å²) in [7, 11) is 1.36. The minimum Gasteiger partial charge on any atom is -0.493 e. The molecule has 37 heavy (non-hydrogen) atoms. The van der Waals surface area contributed by atoms with Crippen LogP contribution in [0.5, 0.6) is 17.2 Å². The topological polar surface area (TPSA) is 142 Å². The molecule has 1 aliphatic heterocycles. The van der Waals surface area contributed by atoms with Gasteiger partial charge >= 0.3 is 5.69 Å². The number of non-ortho nitro benzene ring substituents is 1. The fraction of sp³-hybridized carbons (Fsp3) is 0.0833. The molecular weight excluding hydrogens is 570 g/mol. The second kappa shape index (κ2) is 10.8. The highest BCUT2D eigenvalue weighted by atomic mass is 79.9. The number of hydrogen-bond donors (Lipinski definition) is 0. The van der Waals surface area contributed by atoms with Gasteiger partial charge in [-0.3, -0.25) is 34.7 Å². The second-order valence-electron chi connectivity index (χ2n) is 7.51. The van der Waals surface area contributed by atoms with Crippen LogP contribution in [0.4, 0.5) is 16.2 Å². The van der Waals surface area contributed by atoms with E-state index in [2.05, 4.69) is 15.9 Å². The van der Waals surface area contributed by atoms with Crippen LogP contribution in [0.2, 0.25) is 0 Å². The number of hydrogen-bond acceptors (Lipinski definition) is 9. The minimum atomic E-state index is -0.801. The molecule has 3 aromatic rings. The molecule has 13 heteroatoms. The summed E-state index contributed by atoms with van der Waals surface area (Å²) in [5, 5.41) is 22.2. The Labute approximate surface area is 222 Å². The summed E-state index contributed by atoms with van der Waals surface area (Å²) >= 11 is 4.16. The van der Waals surface area contributed by atoms with Crippen molar-refractivity contribution in [2.75, 3.05) is 7.11 Å². The first-order valence-electron chi connectivity index (χ1n) is 10.5. The SMILES string of the molecule is COc1cccc(/C=C2/SC(=O)N(Cc3ccccc3Br)C2=O)c1Oc1ccc([N+](=O)[O-])cc1[N+](=O)[O-]. The Bertz CT molecular complexity index is 1480. The molecule has 0 saturated carbocycles. The number of carbonyl (C=O) groups is 2. The maximum atomic E-state index is 13.1. The summed E-state index contributed by atoms with van der Waals surface area (Å²) in [5.41, 5.74) is -0.0434. The Hall–Kier alpha value is -4.23. The predicted molar refractivity (Wildman–Crippen MR) is 138 cm³/mol. The molecule has 2 amide bonds. The number of para-hydroxylation sites is 1. The number of carbonyl (C=O) groups excluding carboxylic acids is 2. The third kappa shape index (κ3) is 5.47. The first-order valence-corrected chi connectivity index (χ1v) is 12.1. The fourth-order valence-electron chi connectivity index (χ4n) is 3.45. The number of nitrogens with zero attached hydrogens (tertiary/aromatic N) is 3. The van der Waals surface area contributed by atoms with Crippen molar-refractivity contribution in [1.82, 2.24) is 4.90 Å². The van der Waals surface area contributed by atoms with E-state index in [1.807, 2.05) is 12.1 Å². The maximum absolute atomic E-state index is 13.1. The third-order valence-electron chi connectivity index (χ3n) is 5.24. The Morgan fingerprint density at radius 3 is 2.43 bits per heavy atom. The first kappa shape index (κ1) is 25.9. The number of thioether (sulfide) groups is 1. The van der Waals surface area contributed by atoms with Gasteiger partial charge in [-0.1, -0.05) is 46.3 Å². The molecule has 1 heterocycles. The van der Waals surface area contributed by atoms with Crippen molar-refractivity contribution in [2.24, 2.45) is 0 Å². The number of imide groups is 1. The van der Waals surface area contributed by atoms with Crippen LogP contribution in [-0.4, -0.2) is 33.0 Å². The molecule has 0 bridgehead atoms. The summed E-state index contributed by atoms with van der Waals surface area (Å²) in [6.45, 7) is 0.0693. The van der Waals surface area contributed by atoms with Crippen molar-refractivity contribution in [3.05, 3.63) is 101 Å². The van der Waals surface area contributed by atoms with Crippen molar-refractivity contribution >= 4 is 56.3 Å². The largest absolute Gasteiger partial charge is 0.493 e. The molecule has 0 radical (unpaired) electrons. The zero-order valence-electron chi connectivity index (χ0n) is 19.0. The third-order valence-corrected chi connectivity index (χ3v) is 6.92. The smallest absolute Gasteiger partial charge is 0.318 e. The van der Waals surface area contributed by atoms with Gasteiger partial charge in [-0.25, -0.2) is 0 Å². The van der Waals surface area contributed by atoms with E-state index in [4.69, 9.17) is 9.47 Å². The predicted octanol–water partition coefficient (Wildman–Crippen LogP) is 6.30. The van der Waals surface area contributed by atoms with Crippen LogP contribution in [-0.2, 0) is 11.3 Å². The summed E-state index contributed by atoms with van der Waals surface area (Å²) in [4.78, 5) is 48.0. The van der Waals surface area contributed by atoms with Crippen LogP contribution in [0.15, 0.2) is 70.0 Å². The lowest BCUT2D eigenvalue weighted by atomic mass is 10.1. The highest BCUT2D eigenvalue weighted by molar-refractivity contribution is 9.10. The molecule has 3 aromatic carbocycles. The van der Waals surface area contributed by atoms with Crippen LogP contribution in [0.25, 0.3) is 6.08 Å². The molecule has 0 unspecified atom stereocenters. The lowest BCUT2D eigenvalue weighted by Crippen LogP contribution is -2.27. The Balaban J connectivity index is 1.70. The highest BCUT2D eigenvalue weighted by Gasteiger charge is 2.35. The molecule has 0 atom stereocenters. The lowest BCUT2D eigenvalue weighted by Gasteiger charge is -2.14. The van der Waals surface area contributed by atoms with E-state index >= 15 is 0 Å². The summed E-state index contributed by atoms with van der Waals surface area (Å²) in [6.07, 6.45) is 1.43.